The molecule has 0 amide bonds. The van der Waals surface area contributed by atoms with Gasteiger partial charge in [-0.15, -0.1) is 0 Å². The van der Waals surface area contributed by atoms with Crippen molar-refractivity contribution in [1.82, 2.24) is 5.32 Å². The molecule has 0 spiro atoms. The Kier molecular flexibility index (Phi) is 3.77. The molecule has 0 aliphatic rings. The number of hydrogen-bond acceptors (Lipinski definition) is 2. The minimum Gasteiger partial charge on any atom is -0.392 e. The molecule has 2 heteroatoms. The first-order valence-electron chi connectivity index (χ1n) is 4.22. The number of rotatable bonds is 4. The van der Waals surface area contributed by atoms with Gasteiger partial charge >= 0.3 is 0 Å². The molecule has 0 fully saturated rings. The summed E-state index contributed by atoms with van der Waals surface area (Å²) < 4.78 is 0. The monoisotopic (exact) mass is 165 g/mol. The summed E-state index contributed by atoms with van der Waals surface area (Å²) in [5.74, 6) is 0. The van der Waals surface area contributed by atoms with E-state index in [0.29, 0.717) is 6.54 Å². The van der Waals surface area contributed by atoms with E-state index in [1.54, 1.807) is 6.92 Å². The summed E-state index contributed by atoms with van der Waals surface area (Å²) in [4.78, 5) is 0. The van der Waals surface area contributed by atoms with E-state index in [9.17, 15) is 0 Å². The van der Waals surface area contributed by atoms with Gasteiger partial charge in [-0.2, -0.15) is 0 Å². The molecular formula is C10H15NO. The van der Waals surface area contributed by atoms with Crippen LogP contribution in [0, 0.1) is 0 Å². The van der Waals surface area contributed by atoms with Crippen molar-refractivity contribution in [3.8, 4) is 0 Å². The molecule has 2 nitrogen and oxygen atoms in total. The van der Waals surface area contributed by atoms with Gasteiger partial charge in [0.25, 0.3) is 0 Å². The van der Waals surface area contributed by atoms with Gasteiger partial charge in [0, 0.05) is 13.1 Å². The molecule has 1 atom stereocenters. The van der Waals surface area contributed by atoms with Gasteiger partial charge in [-0.25, -0.2) is 0 Å². The lowest BCUT2D eigenvalue weighted by Gasteiger charge is -2.06. The third-order valence-electron chi connectivity index (χ3n) is 1.61. The number of benzene rings is 1. The Morgan fingerprint density at radius 1 is 1.33 bits per heavy atom. The summed E-state index contributed by atoms with van der Waals surface area (Å²) in [6, 6.07) is 10.2. The zero-order valence-corrected chi connectivity index (χ0v) is 7.33. The van der Waals surface area contributed by atoms with Crippen molar-refractivity contribution in [1.29, 1.82) is 0 Å². The van der Waals surface area contributed by atoms with E-state index >= 15 is 0 Å². The smallest absolute Gasteiger partial charge is 0.0636 e. The Balaban J connectivity index is 2.25. The van der Waals surface area contributed by atoms with Crippen molar-refractivity contribution in [2.24, 2.45) is 0 Å². The molecule has 1 rings (SSSR count). The Bertz CT molecular complexity index is 208. The van der Waals surface area contributed by atoms with Crippen LogP contribution >= 0.6 is 0 Å². The highest BCUT2D eigenvalue weighted by Crippen LogP contribution is 1.96. The molecule has 0 radical (unpaired) electrons. The zero-order chi connectivity index (χ0) is 8.81. The maximum absolute atomic E-state index is 8.97. The van der Waals surface area contributed by atoms with E-state index in [1.807, 2.05) is 18.2 Å². The minimum absolute atomic E-state index is 0.270. The van der Waals surface area contributed by atoms with Gasteiger partial charge in [0.1, 0.15) is 0 Å². The fraction of sp³-hybridized carbons (Fsp3) is 0.400. The van der Waals surface area contributed by atoms with Gasteiger partial charge in [-0.05, 0) is 12.5 Å². The van der Waals surface area contributed by atoms with Crippen molar-refractivity contribution in [2.45, 2.75) is 19.6 Å². The summed E-state index contributed by atoms with van der Waals surface area (Å²) in [7, 11) is 0. The molecule has 1 aromatic rings. The van der Waals surface area contributed by atoms with Gasteiger partial charge in [0.15, 0.2) is 0 Å². The molecule has 0 saturated carbocycles. The van der Waals surface area contributed by atoms with Crippen LogP contribution < -0.4 is 5.32 Å². The van der Waals surface area contributed by atoms with Crippen molar-refractivity contribution in [3.05, 3.63) is 35.9 Å². The minimum atomic E-state index is -0.270. The maximum atomic E-state index is 8.97. The quantitative estimate of drug-likeness (QED) is 0.701. The number of nitrogens with one attached hydrogen (secondary N) is 1. The van der Waals surface area contributed by atoms with Gasteiger partial charge in [-0.3, -0.25) is 0 Å². The van der Waals surface area contributed by atoms with E-state index in [-0.39, 0.29) is 6.10 Å². The van der Waals surface area contributed by atoms with Crippen LogP contribution in [0.3, 0.4) is 0 Å². The van der Waals surface area contributed by atoms with Gasteiger partial charge < -0.3 is 10.4 Å². The first-order valence-corrected chi connectivity index (χ1v) is 4.22. The molecule has 0 aliphatic heterocycles. The molecule has 0 heterocycles. The number of aliphatic hydroxyl groups is 1. The SMILES string of the molecule is C[C@H](O)CNCc1ccccc1. The van der Waals surface area contributed by atoms with Gasteiger partial charge in [0.05, 0.1) is 6.10 Å². The summed E-state index contributed by atoms with van der Waals surface area (Å²) in [5, 5.41) is 12.1. The molecule has 0 bridgehead atoms. The first kappa shape index (κ1) is 9.23. The second-order valence-electron chi connectivity index (χ2n) is 2.97. The second kappa shape index (κ2) is 4.91. The Morgan fingerprint density at radius 2 is 2.00 bits per heavy atom. The average Bonchev–Trinajstić information content (AvgIpc) is 2.05. The predicted molar refractivity (Wildman–Crippen MR) is 49.8 cm³/mol. The molecule has 0 saturated heterocycles. The van der Waals surface area contributed by atoms with E-state index in [1.165, 1.54) is 5.56 Å². The van der Waals surface area contributed by atoms with Crippen molar-refractivity contribution < 1.29 is 5.11 Å². The van der Waals surface area contributed by atoms with Crippen LogP contribution in [0.25, 0.3) is 0 Å². The molecule has 0 aromatic heterocycles. The summed E-state index contributed by atoms with van der Waals surface area (Å²) in [5.41, 5.74) is 1.25. The van der Waals surface area contributed by atoms with E-state index in [2.05, 4.69) is 17.4 Å². The fourth-order valence-electron chi connectivity index (χ4n) is 1.02. The highest BCUT2D eigenvalue weighted by molar-refractivity contribution is 5.14. The molecule has 1 aromatic carbocycles. The van der Waals surface area contributed by atoms with E-state index < -0.39 is 0 Å². The highest BCUT2D eigenvalue weighted by Gasteiger charge is 1.94. The van der Waals surface area contributed by atoms with Gasteiger partial charge in [-0.1, -0.05) is 30.3 Å². The number of aliphatic hydroxyl groups excluding tert-OH is 1. The third-order valence-corrected chi connectivity index (χ3v) is 1.61. The largest absolute Gasteiger partial charge is 0.392 e. The van der Waals surface area contributed by atoms with Crippen molar-refractivity contribution >= 4 is 0 Å². The third kappa shape index (κ3) is 3.51. The van der Waals surface area contributed by atoms with Crippen LogP contribution in [0.2, 0.25) is 0 Å². The van der Waals surface area contributed by atoms with Crippen LogP contribution in [0.15, 0.2) is 30.3 Å². The molecular weight excluding hydrogens is 150 g/mol. The van der Waals surface area contributed by atoms with Crippen LogP contribution in [0.1, 0.15) is 12.5 Å². The van der Waals surface area contributed by atoms with E-state index in [4.69, 9.17) is 5.11 Å². The molecule has 0 unspecified atom stereocenters. The summed E-state index contributed by atoms with van der Waals surface area (Å²) in [6.45, 7) is 3.25. The first-order chi connectivity index (χ1) is 5.79. The Labute approximate surface area is 73.2 Å². The lowest BCUT2D eigenvalue weighted by atomic mass is 10.2. The molecule has 12 heavy (non-hydrogen) atoms. The maximum Gasteiger partial charge on any atom is 0.0636 e. The van der Waals surface area contributed by atoms with Crippen LogP contribution in [-0.2, 0) is 6.54 Å². The standard InChI is InChI=1S/C10H15NO/c1-9(12)7-11-8-10-5-3-2-4-6-10/h2-6,9,11-12H,7-8H2,1H3/t9-/m0/s1. The summed E-state index contributed by atoms with van der Waals surface area (Å²) in [6.07, 6.45) is -0.270. The predicted octanol–water partition coefficient (Wildman–Crippen LogP) is 1.16. The molecule has 2 N–H and O–H groups in total. The lowest BCUT2D eigenvalue weighted by molar-refractivity contribution is 0.191. The molecule has 0 aliphatic carbocycles. The molecule has 66 valence electrons. The van der Waals surface area contributed by atoms with Crippen LogP contribution in [0.5, 0.6) is 0 Å². The summed E-state index contributed by atoms with van der Waals surface area (Å²) >= 11 is 0. The number of hydrogen-bond donors (Lipinski definition) is 2. The normalized spacial score (nSPS) is 12.8. The fourth-order valence-corrected chi connectivity index (χ4v) is 1.02. The highest BCUT2D eigenvalue weighted by atomic mass is 16.3. The second-order valence-corrected chi connectivity index (χ2v) is 2.97. The Morgan fingerprint density at radius 3 is 2.58 bits per heavy atom. The van der Waals surface area contributed by atoms with Crippen LogP contribution in [-0.4, -0.2) is 17.8 Å². The van der Waals surface area contributed by atoms with Crippen molar-refractivity contribution in [3.63, 3.8) is 0 Å². The van der Waals surface area contributed by atoms with Crippen LogP contribution in [0.4, 0.5) is 0 Å². The topological polar surface area (TPSA) is 32.3 Å². The Hall–Kier alpha value is -0.860. The average molecular weight is 165 g/mol. The van der Waals surface area contributed by atoms with Crippen molar-refractivity contribution in [2.75, 3.05) is 6.54 Å². The zero-order valence-electron chi connectivity index (χ0n) is 7.33. The lowest BCUT2D eigenvalue weighted by Crippen LogP contribution is -2.23. The van der Waals surface area contributed by atoms with Gasteiger partial charge in [0.2, 0.25) is 0 Å². The van der Waals surface area contributed by atoms with E-state index in [0.717, 1.165) is 6.54 Å².